The third-order valence-corrected chi connectivity index (χ3v) is 6.22. The smallest absolute Gasteiger partial charge is 0.336 e. The van der Waals surface area contributed by atoms with E-state index >= 15 is 0 Å². The Hall–Kier alpha value is -0.870. The molecule has 20 heavy (non-hydrogen) atoms. The van der Waals surface area contributed by atoms with E-state index in [9.17, 15) is 9.90 Å². The van der Waals surface area contributed by atoms with Crippen LogP contribution in [-0.2, 0) is 14.3 Å². The van der Waals surface area contributed by atoms with Crippen LogP contribution in [0.25, 0.3) is 0 Å². The summed E-state index contributed by atoms with van der Waals surface area (Å²) >= 11 is 0. The lowest BCUT2D eigenvalue weighted by atomic mass is 9.52. The average Bonchev–Trinajstić information content (AvgIpc) is 2.66. The van der Waals surface area contributed by atoms with Crippen molar-refractivity contribution in [2.24, 2.45) is 17.3 Å². The van der Waals surface area contributed by atoms with Crippen LogP contribution in [0.5, 0.6) is 0 Å². The van der Waals surface area contributed by atoms with Gasteiger partial charge in [-0.1, -0.05) is 26.7 Å². The summed E-state index contributed by atoms with van der Waals surface area (Å²) in [4.78, 5) is 12.0. The van der Waals surface area contributed by atoms with Gasteiger partial charge in [-0.2, -0.15) is 0 Å². The van der Waals surface area contributed by atoms with E-state index in [0.717, 1.165) is 12.8 Å². The van der Waals surface area contributed by atoms with Crippen molar-refractivity contribution >= 4 is 5.97 Å². The molecule has 2 aliphatic carbocycles. The number of aliphatic hydroxyl groups excluding tert-OH is 1. The lowest BCUT2D eigenvalue weighted by Gasteiger charge is -2.56. The molecule has 0 bridgehead atoms. The highest BCUT2D eigenvalue weighted by Gasteiger charge is 2.63. The van der Waals surface area contributed by atoms with Crippen molar-refractivity contribution in [1.82, 2.24) is 0 Å². The summed E-state index contributed by atoms with van der Waals surface area (Å²) in [5, 5.41) is 11.0. The van der Waals surface area contributed by atoms with Crippen LogP contribution in [0.15, 0.2) is 11.1 Å². The second kappa shape index (κ2) is 4.31. The van der Waals surface area contributed by atoms with Gasteiger partial charge in [-0.15, -0.1) is 0 Å². The van der Waals surface area contributed by atoms with Gasteiger partial charge >= 0.3 is 5.97 Å². The zero-order valence-electron chi connectivity index (χ0n) is 12.7. The van der Waals surface area contributed by atoms with Gasteiger partial charge in [0.15, 0.2) is 0 Å². The molecule has 0 aromatic carbocycles. The van der Waals surface area contributed by atoms with Crippen LogP contribution in [0, 0.1) is 17.3 Å². The van der Waals surface area contributed by atoms with Crippen LogP contribution in [0.3, 0.4) is 0 Å². The van der Waals surface area contributed by atoms with E-state index in [1.807, 2.05) is 0 Å². The summed E-state index contributed by atoms with van der Waals surface area (Å²) in [6.07, 6.45) is 3.36. The summed E-state index contributed by atoms with van der Waals surface area (Å²) in [6, 6.07) is 0. The van der Waals surface area contributed by atoms with Crippen molar-refractivity contribution in [1.29, 1.82) is 0 Å². The van der Waals surface area contributed by atoms with Crippen LogP contribution in [0.4, 0.5) is 0 Å². The van der Waals surface area contributed by atoms with Gasteiger partial charge in [0.25, 0.3) is 0 Å². The maximum Gasteiger partial charge on any atom is 0.336 e. The molecule has 5 atom stereocenters. The minimum absolute atomic E-state index is 0.190. The molecule has 0 aromatic heterocycles. The Kier molecular flexibility index (Phi) is 3.04. The van der Waals surface area contributed by atoms with Crippen LogP contribution in [-0.4, -0.2) is 30.1 Å². The summed E-state index contributed by atoms with van der Waals surface area (Å²) in [5.41, 5.74) is 1.000. The molecule has 2 fully saturated rings. The molecule has 3 rings (SSSR count). The first-order chi connectivity index (χ1) is 9.36. The molecule has 0 spiro atoms. The molecule has 1 heterocycles. The summed E-state index contributed by atoms with van der Waals surface area (Å²) in [6.45, 7) is 6.11. The zero-order valence-corrected chi connectivity index (χ0v) is 12.7. The maximum atomic E-state index is 12.0. The molecule has 0 radical (unpaired) electrons. The summed E-state index contributed by atoms with van der Waals surface area (Å²) in [5.74, 6) is -0.622. The Balaban J connectivity index is 2.12. The first kappa shape index (κ1) is 14.1. The van der Waals surface area contributed by atoms with Crippen molar-refractivity contribution in [2.45, 2.75) is 58.3 Å². The van der Waals surface area contributed by atoms with Crippen molar-refractivity contribution in [3.63, 3.8) is 0 Å². The molecule has 0 aromatic rings. The van der Waals surface area contributed by atoms with Gasteiger partial charge in [-0.3, -0.25) is 0 Å². The highest BCUT2D eigenvalue weighted by Crippen LogP contribution is 2.60. The van der Waals surface area contributed by atoms with E-state index in [1.54, 1.807) is 14.0 Å². The van der Waals surface area contributed by atoms with E-state index in [1.165, 1.54) is 6.42 Å². The highest BCUT2D eigenvalue weighted by atomic mass is 16.7. The number of carbonyl (C=O) groups is 1. The quantitative estimate of drug-likeness (QED) is 0.749. The molecule has 112 valence electrons. The molecule has 0 amide bonds. The number of carbonyl (C=O) groups excluding carboxylic acids is 1. The van der Waals surface area contributed by atoms with E-state index in [-0.39, 0.29) is 11.4 Å². The molecule has 3 aliphatic rings. The van der Waals surface area contributed by atoms with Gasteiger partial charge in [0.1, 0.15) is 0 Å². The number of esters is 1. The molecule has 2 saturated carbocycles. The Morgan fingerprint density at radius 2 is 2.10 bits per heavy atom. The minimum atomic E-state index is -1.03. The fourth-order valence-corrected chi connectivity index (χ4v) is 4.62. The van der Waals surface area contributed by atoms with E-state index in [2.05, 4.69) is 13.8 Å². The lowest BCUT2D eigenvalue weighted by molar-refractivity contribution is -0.233. The van der Waals surface area contributed by atoms with Gasteiger partial charge in [-0.05, 0) is 25.2 Å². The number of rotatable bonds is 1. The molecule has 1 N–H and O–H groups in total. The largest absolute Gasteiger partial charge is 0.425 e. The second-order valence-electron chi connectivity index (χ2n) is 6.89. The first-order valence-electron chi connectivity index (χ1n) is 7.54. The standard InChI is InChI=1S/C16H24O4/c1-9-6-5-7-11-8-16(19-4)12(10(2)14(18)20-16)13(17)15(9,11)3/h9,11,13,17H,5-8H2,1-4H3/t9-,11+,13+,15+,16-/m1/s1. The Labute approximate surface area is 120 Å². The third-order valence-electron chi connectivity index (χ3n) is 6.22. The summed E-state index contributed by atoms with van der Waals surface area (Å²) < 4.78 is 11.1. The van der Waals surface area contributed by atoms with Crippen LogP contribution in [0.1, 0.15) is 46.5 Å². The summed E-state index contributed by atoms with van der Waals surface area (Å²) in [7, 11) is 1.56. The number of hydrogen-bond donors (Lipinski definition) is 1. The van der Waals surface area contributed by atoms with Crippen molar-refractivity contribution in [2.75, 3.05) is 7.11 Å². The minimum Gasteiger partial charge on any atom is -0.425 e. The maximum absolute atomic E-state index is 12.0. The van der Waals surface area contributed by atoms with Gasteiger partial charge in [0.05, 0.1) is 6.10 Å². The first-order valence-corrected chi connectivity index (χ1v) is 7.54. The molecule has 4 nitrogen and oxygen atoms in total. The third kappa shape index (κ3) is 1.52. The Bertz CT molecular complexity index is 483. The molecular weight excluding hydrogens is 256 g/mol. The average molecular weight is 280 g/mol. The van der Waals surface area contributed by atoms with Gasteiger partial charge in [0, 0.05) is 30.1 Å². The van der Waals surface area contributed by atoms with Gasteiger partial charge < -0.3 is 14.6 Å². The molecular formula is C16H24O4. The van der Waals surface area contributed by atoms with E-state index in [4.69, 9.17) is 9.47 Å². The Morgan fingerprint density at radius 1 is 1.40 bits per heavy atom. The lowest BCUT2D eigenvalue weighted by Crippen LogP contribution is -2.58. The van der Waals surface area contributed by atoms with Crippen molar-refractivity contribution < 1.29 is 19.4 Å². The van der Waals surface area contributed by atoms with Gasteiger partial charge in [0.2, 0.25) is 5.79 Å². The monoisotopic (exact) mass is 280 g/mol. The molecule has 0 saturated heterocycles. The van der Waals surface area contributed by atoms with Gasteiger partial charge in [-0.25, -0.2) is 4.79 Å². The molecule has 1 aliphatic heterocycles. The number of methoxy groups -OCH3 is 1. The predicted octanol–water partition coefficient (Wildman–Crippen LogP) is 2.41. The highest BCUT2D eigenvalue weighted by molar-refractivity contribution is 5.92. The van der Waals surface area contributed by atoms with Crippen LogP contribution >= 0.6 is 0 Å². The SMILES string of the molecule is CO[C@@]12C[C@@H]3CCC[C@@H](C)[C@]3(C)[C@@H](O)C1=C(C)C(=O)O2. The van der Waals surface area contributed by atoms with Crippen LogP contribution < -0.4 is 0 Å². The number of aliphatic hydroxyl groups is 1. The normalized spacial score (nSPS) is 47.9. The fourth-order valence-electron chi connectivity index (χ4n) is 4.62. The number of hydrogen-bond acceptors (Lipinski definition) is 4. The van der Waals surface area contributed by atoms with Crippen LogP contribution in [0.2, 0.25) is 0 Å². The molecule has 0 unspecified atom stereocenters. The number of fused-ring (bicyclic) bond motifs is 2. The Morgan fingerprint density at radius 3 is 2.75 bits per heavy atom. The number of ether oxygens (including phenoxy) is 2. The van der Waals surface area contributed by atoms with E-state index < -0.39 is 11.9 Å². The zero-order chi connectivity index (χ0) is 14.7. The fraction of sp³-hybridized carbons (Fsp3) is 0.812. The molecule has 4 heteroatoms. The van der Waals surface area contributed by atoms with Crippen molar-refractivity contribution in [3.8, 4) is 0 Å². The topological polar surface area (TPSA) is 55.8 Å². The predicted molar refractivity (Wildman–Crippen MR) is 73.8 cm³/mol. The second-order valence-corrected chi connectivity index (χ2v) is 6.89. The van der Waals surface area contributed by atoms with Crippen molar-refractivity contribution in [3.05, 3.63) is 11.1 Å². The van der Waals surface area contributed by atoms with E-state index in [0.29, 0.717) is 29.4 Å².